The first-order valence-electron chi connectivity index (χ1n) is 19.9. The Morgan fingerprint density at radius 2 is 0.807 bits per heavy atom. The lowest BCUT2D eigenvalue weighted by Crippen LogP contribution is -1.97. The van der Waals surface area contributed by atoms with E-state index in [4.69, 9.17) is 4.98 Å². The number of rotatable bonds is 5. The largest absolute Gasteiger partial charge is 0.292 e. The molecule has 11 aromatic rings. The summed E-state index contributed by atoms with van der Waals surface area (Å²) in [6, 6.07) is 74.8. The van der Waals surface area contributed by atoms with Crippen molar-refractivity contribution in [3.05, 3.63) is 206 Å². The van der Waals surface area contributed by atoms with Gasteiger partial charge in [-0.1, -0.05) is 178 Å². The van der Waals surface area contributed by atoms with Crippen molar-refractivity contribution in [2.45, 2.75) is 13.8 Å². The van der Waals surface area contributed by atoms with E-state index in [9.17, 15) is 0 Å². The lowest BCUT2D eigenvalue weighted by Gasteiger charge is -2.19. The minimum atomic E-state index is 0.933. The Labute approximate surface area is 332 Å². The highest BCUT2D eigenvalue weighted by Crippen LogP contribution is 2.46. The summed E-state index contributed by atoms with van der Waals surface area (Å²) in [7, 11) is 0. The first-order valence-corrected chi connectivity index (χ1v) is 19.9. The van der Waals surface area contributed by atoms with Gasteiger partial charge in [0.05, 0.1) is 11.0 Å². The number of aromatic nitrogens is 2. The van der Waals surface area contributed by atoms with Gasteiger partial charge >= 0.3 is 0 Å². The van der Waals surface area contributed by atoms with E-state index in [1.165, 1.54) is 70.9 Å². The number of hydrogen-bond donors (Lipinski definition) is 0. The Morgan fingerprint density at radius 3 is 1.46 bits per heavy atom. The normalized spacial score (nSPS) is 11.3. The molecule has 10 aromatic carbocycles. The zero-order valence-electron chi connectivity index (χ0n) is 32.0. The lowest BCUT2D eigenvalue weighted by atomic mass is 9.84. The summed E-state index contributed by atoms with van der Waals surface area (Å²) >= 11 is 0. The van der Waals surface area contributed by atoms with Crippen LogP contribution >= 0.6 is 0 Å². The molecule has 0 fully saturated rings. The highest BCUT2D eigenvalue weighted by molar-refractivity contribution is 6.22. The number of fused-ring (bicyclic) bond motifs is 5. The predicted molar refractivity (Wildman–Crippen MR) is 244 cm³/mol. The van der Waals surface area contributed by atoms with Gasteiger partial charge in [0.15, 0.2) is 0 Å². The molecule has 0 bridgehead atoms. The standard InChI is InChI=1S/C53H34N2.C2H6/c1-2-16-44(17-3-1)55-50-21-11-10-20-49(50)54-53(55)38-26-22-37(23-27-38)41-30-31-47-48(34-41)52(43-29-25-36-13-5-7-15-40(36)33-43)46-19-9-8-18-45(46)51(47)42-28-24-35-12-4-6-14-39(35)32-42;1-2/h1-34H;1-2H3. The number of para-hydroxylation sites is 3. The maximum absolute atomic E-state index is 5.12. The minimum absolute atomic E-state index is 0.933. The number of benzene rings is 10. The molecule has 11 rings (SSSR count). The summed E-state index contributed by atoms with van der Waals surface area (Å²) in [4.78, 5) is 5.12. The van der Waals surface area contributed by atoms with Crippen LogP contribution in [-0.2, 0) is 0 Å². The van der Waals surface area contributed by atoms with Crippen LogP contribution in [-0.4, -0.2) is 9.55 Å². The third-order valence-corrected chi connectivity index (χ3v) is 11.2. The van der Waals surface area contributed by atoms with Crippen LogP contribution in [0.3, 0.4) is 0 Å². The van der Waals surface area contributed by atoms with E-state index in [0.29, 0.717) is 0 Å². The second-order valence-corrected chi connectivity index (χ2v) is 14.4. The topological polar surface area (TPSA) is 17.8 Å². The molecule has 2 heteroatoms. The van der Waals surface area contributed by atoms with Gasteiger partial charge in [0.25, 0.3) is 0 Å². The quantitative estimate of drug-likeness (QED) is 0.161. The SMILES string of the molecule is CC.c1ccc(-n2c(-c3ccc(-c4ccc5c(-c6ccc7ccccc7c6)c6ccccc6c(-c6ccc7ccccc7c6)c5c4)cc3)nc3ccccc32)cc1. The van der Waals surface area contributed by atoms with E-state index < -0.39 is 0 Å². The van der Waals surface area contributed by atoms with Crippen molar-refractivity contribution in [1.82, 2.24) is 9.55 Å². The molecule has 1 heterocycles. The summed E-state index contributed by atoms with van der Waals surface area (Å²) in [6.07, 6.45) is 0. The molecule has 0 atom stereocenters. The minimum Gasteiger partial charge on any atom is -0.292 e. The molecule has 1 aromatic heterocycles. The molecule has 57 heavy (non-hydrogen) atoms. The Hall–Kier alpha value is -7.29. The second kappa shape index (κ2) is 14.4. The Kier molecular flexibility index (Phi) is 8.65. The third-order valence-electron chi connectivity index (χ3n) is 11.2. The molecule has 0 aliphatic rings. The summed E-state index contributed by atoms with van der Waals surface area (Å²) < 4.78 is 2.26. The van der Waals surface area contributed by atoms with Crippen molar-refractivity contribution in [2.75, 3.05) is 0 Å². The summed E-state index contributed by atoms with van der Waals surface area (Å²) in [5.41, 5.74) is 11.6. The van der Waals surface area contributed by atoms with Gasteiger partial charge in [-0.25, -0.2) is 4.98 Å². The number of nitrogens with zero attached hydrogens (tertiary/aromatic N) is 2. The van der Waals surface area contributed by atoms with E-state index in [1.54, 1.807) is 0 Å². The number of hydrogen-bond acceptors (Lipinski definition) is 1. The molecule has 0 saturated heterocycles. The van der Waals surface area contributed by atoms with Gasteiger partial charge in [0.1, 0.15) is 5.82 Å². The van der Waals surface area contributed by atoms with Crippen LogP contribution in [0.2, 0.25) is 0 Å². The van der Waals surface area contributed by atoms with Crippen LogP contribution in [0, 0.1) is 0 Å². The van der Waals surface area contributed by atoms with Gasteiger partial charge in [0, 0.05) is 11.3 Å². The van der Waals surface area contributed by atoms with Crippen LogP contribution in [0.15, 0.2) is 206 Å². The van der Waals surface area contributed by atoms with Crippen LogP contribution in [0.1, 0.15) is 13.8 Å². The Balaban J connectivity index is 0.00000195. The zero-order chi connectivity index (χ0) is 38.3. The lowest BCUT2D eigenvalue weighted by molar-refractivity contribution is 1.10. The van der Waals surface area contributed by atoms with Gasteiger partial charge in [-0.3, -0.25) is 4.57 Å². The fourth-order valence-electron chi connectivity index (χ4n) is 8.54. The Morgan fingerprint density at radius 1 is 0.333 bits per heavy atom. The molecule has 0 unspecified atom stereocenters. The molecule has 0 N–H and O–H groups in total. The maximum Gasteiger partial charge on any atom is 0.145 e. The highest BCUT2D eigenvalue weighted by atomic mass is 15.1. The van der Waals surface area contributed by atoms with Crippen molar-refractivity contribution < 1.29 is 0 Å². The van der Waals surface area contributed by atoms with Crippen LogP contribution in [0.4, 0.5) is 0 Å². The summed E-state index contributed by atoms with van der Waals surface area (Å²) in [6.45, 7) is 4.00. The van der Waals surface area contributed by atoms with Crippen molar-refractivity contribution in [3.8, 4) is 50.5 Å². The van der Waals surface area contributed by atoms with Gasteiger partial charge in [-0.2, -0.15) is 0 Å². The van der Waals surface area contributed by atoms with Gasteiger partial charge in [0.2, 0.25) is 0 Å². The van der Waals surface area contributed by atoms with E-state index in [-0.39, 0.29) is 0 Å². The second-order valence-electron chi connectivity index (χ2n) is 14.4. The zero-order valence-corrected chi connectivity index (χ0v) is 32.0. The molecule has 0 saturated carbocycles. The molecular formula is C55H40N2. The van der Waals surface area contributed by atoms with E-state index >= 15 is 0 Å². The fraction of sp³-hybridized carbons (Fsp3) is 0.0364. The molecule has 0 spiro atoms. The highest BCUT2D eigenvalue weighted by Gasteiger charge is 2.19. The average molecular weight is 729 g/mol. The molecule has 2 nitrogen and oxygen atoms in total. The van der Waals surface area contributed by atoms with Crippen LogP contribution < -0.4 is 0 Å². The van der Waals surface area contributed by atoms with Crippen molar-refractivity contribution in [1.29, 1.82) is 0 Å². The fourth-order valence-corrected chi connectivity index (χ4v) is 8.54. The molecule has 0 amide bonds. The molecular weight excluding hydrogens is 689 g/mol. The molecule has 0 aliphatic heterocycles. The Bertz CT molecular complexity index is 3240. The van der Waals surface area contributed by atoms with Crippen LogP contribution in [0.5, 0.6) is 0 Å². The van der Waals surface area contributed by atoms with E-state index in [0.717, 1.165) is 33.7 Å². The summed E-state index contributed by atoms with van der Waals surface area (Å²) in [5.74, 6) is 0.933. The predicted octanol–water partition coefficient (Wildman–Crippen LogP) is 15.3. The number of imidazole rings is 1. The van der Waals surface area contributed by atoms with Crippen molar-refractivity contribution in [3.63, 3.8) is 0 Å². The maximum atomic E-state index is 5.12. The van der Waals surface area contributed by atoms with Crippen molar-refractivity contribution >= 4 is 54.1 Å². The van der Waals surface area contributed by atoms with Gasteiger partial charge < -0.3 is 0 Å². The smallest absolute Gasteiger partial charge is 0.145 e. The summed E-state index contributed by atoms with van der Waals surface area (Å²) in [5, 5.41) is 9.97. The van der Waals surface area contributed by atoms with Gasteiger partial charge in [-0.05, 0) is 119 Å². The van der Waals surface area contributed by atoms with E-state index in [1.807, 2.05) is 13.8 Å². The molecule has 0 aliphatic carbocycles. The van der Waals surface area contributed by atoms with Crippen LogP contribution in [0.25, 0.3) is 105 Å². The average Bonchev–Trinajstić information content (AvgIpc) is 3.68. The molecule has 0 radical (unpaired) electrons. The molecule has 270 valence electrons. The monoisotopic (exact) mass is 728 g/mol. The van der Waals surface area contributed by atoms with Gasteiger partial charge in [-0.15, -0.1) is 0 Å². The van der Waals surface area contributed by atoms with E-state index in [2.05, 4.69) is 211 Å². The third kappa shape index (κ3) is 5.94. The first kappa shape index (κ1) is 34.2. The van der Waals surface area contributed by atoms with Crippen molar-refractivity contribution in [2.24, 2.45) is 0 Å². The first-order chi connectivity index (χ1) is 28.3.